The highest BCUT2D eigenvalue weighted by molar-refractivity contribution is 7.09. The number of aromatic nitrogens is 1. The minimum Gasteiger partial charge on any atom is -0.335 e. The first kappa shape index (κ1) is 16.5. The highest BCUT2D eigenvalue weighted by atomic mass is 32.1. The first-order valence-corrected chi connectivity index (χ1v) is 8.45. The van der Waals surface area contributed by atoms with Crippen LogP contribution in [0.15, 0.2) is 29.6 Å². The molecule has 2 amide bonds. The molecular formula is C16H17FN4O2S. The predicted molar refractivity (Wildman–Crippen MR) is 88.2 cm³/mol. The molecule has 3 rings (SSSR count). The lowest BCUT2D eigenvalue weighted by Gasteiger charge is -2.34. The van der Waals surface area contributed by atoms with Gasteiger partial charge in [0.15, 0.2) is 0 Å². The maximum Gasteiger partial charge on any atom is 0.273 e. The fourth-order valence-corrected chi connectivity index (χ4v) is 3.20. The molecule has 1 aromatic heterocycles. The maximum absolute atomic E-state index is 12.9. The van der Waals surface area contributed by atoms with Crippen LogP contribution in [0.25, 0.3) is 0 Å². The molecule has 0 saturated carbocycles. The van der Waals surface area contributed by atoms with Crippen molar-refractivity contribution in [2.45, 2.75) is 6.54 Å². The maximum atomic E-state index is 12.9. The summed E-state index contributed by atoms with van der Waals surface area (Å²) in [6, 6.07) is 5.48. The van der Waals surface area contributed by atoms with Crippen LogP contribution in [-0.4, -0.2) is 52.8 Å². The summed E-state index contributed by atoms with van der Waals surface area (Å²) < 4.78 is 12.9. The summed E-state index contributed by atoms with van der Waals surface area (Å²) in [6.07, 6.45) is 0. The summed E-state index contributed by atoms with van der Waals surface area (Å²) in [5.74, 6) is -0.664. The molecule has 0 spiro atoms. The Morgan fingerprint density at radius 2 is 1.67 bits per heavy atom. The highest BCUT2D eigenvalue weighted by Crippen LogP contribution is 2.14. The lowest BCUT2D eigenvalue weighted by atomic mass is 10.1. The van der Waals surface area contributed by atoms with E-state index in [-0.39, 0.29) is 17.6 Å². The molecule has 126 valence electrons. The Morgan fingerprint density at radius 1 is 1.08 bits per heavy atom. The topological polar surface area (TPSA) is 79.5 Å². The number of halogens is 1. The van der Waals surface area contributed by atoms with E-state index in [1.165, 1.54) is 35.6 Å². The Bertz CT molecular complexity index is 739. The van der Waals surface area contributed by atoms with E-state index in [1.54, 1.807) is 15.2 Å². The van der Waals surface area contributed by atoms with Crippen molar-refractivity contribution in [3.63, 3.8) is 0 Å². The molecular weight excluding hydrogens is 331 g/mol. The number of rotatable bonds is 3. The third-order valence-electron chi connectivity index (χ3n) is 3.89. The number of hydrogen-bond donors (Lipinski definition) is 1. The van der Waals surface area contributed by atoms with Gasteiger partial charge in [-0.2, -0.15) is 0 Å². The molecule has 1 aromatic carbocycles. The summed E-state index contributed by atoms with van der Waals surface area (Å²) >= 11 is 1.37. The van der Waals surface area contributed by atoms with E-state index in [2.05, 4.69) is 4.98 Å². The standard InChI is InChI=1S/C16H17FN4O2S/c17-12-3-1-11(2-4-12)15(22)20-5-7-21(8-6-20)16(23)13-10-24-14(9-18)19-13/h1-4,10H,5-9,18H2. The normalized spacial score (nSPS) is 14.8. The average Bonchev–Trinajstić information content (AvgIpc) is 3.10. The summed E-state index contributed by atoms with van der Waals surface area (Å²) in [5, 5.41) is 2.43. The minimum atomic E-state index is -0.373. The molecule has 24 heavy (non-hydrogen) atoms. The van der Waals surface area contributed by atoms with Gasteiger partial charge in [0.25, 0.3) is 11.8 Å². The van der Waals surface area contributed by atoms with E-state index in [0.717, 1.165) is 5.01 Å². The summed E-state index contributed by atoms with van der Waals surface area (Å²) in [7, 11) is 0. The summed E-state index contributed by atoms with van der Waals surface area (Å²) in [4.78, 5) is 32.3. The molecule has 1 aliphatic heterocycles. The lowest BCUT2D eigenvalue weighted by Crippen LogP contribution is -2.50. The molecule has 0 aliphatic carbocycles. The van der Waals surface area contributed by atoms with E-state index in [1.807, 2.05) is 0 Å². The SMILES string of the molecule is NCc1nc(C(=O)N2CCN(C(=O)c3ccc(F)cc3)CC2)cs1. The predicted octanol–water partition coefficient (Wildman–Crippen LogP) is 1.34. The lowest BCUT2D eigenvalue weighted by molar-refractivity contribution is 0.0532. The van der Waals surface area contributed by atoms with Crippen molar-refractivity contribution in [1.29, 1.82) is 0 Å². The van der Waals surface area contributed by atoms with Crippen LogP contribution in [0.1, 0.15) is 25.9 Å². The Balaban J connectivity index is 1.60. The number of hydrogen-bond acceptors (Lipinski definition) is 5. The van der Waals surface area contributed by atoms with Crippen molar-refractivity contribution in [3.05, 3.63) is 51.7 Å². The number of amides is 2. The summed E-state index contributed by atoms with van der Waals surface area (Å²) in [6.45, 7) is 2.09. The summed E-state index contributed by atoms with van der Waals surface area (Å²) in [5.41, 5.74) is 6.36. The van der Waals surface area contributed by atoms with Gasteiger partial charge in [-0.05, 0) is 24.3 Å². The van der Waals surface area contributed by atoms with Gasteiger partial charge in [0, 0.05) is 43.7 Å². The van der Waals surface area contributed by atoms with Gasteiger partial charge in [0.1, 0.15) is 16.5 Å². The molecule has 2 aromatic rings. The number of nitrogens with zero attached hydrogens (tertiary/aromatic N) is 3. The molecule has 0 unspecified atom stereocenters. The molecule has 8 heteroatoms. The zero-order chi connectivity index (χ0) is 17.1. The van der Waals surface area contributed by atoms with Crippen LogP contribution < -0.4 is 5.73 Å². The van der Waals surface area contributed by atoms with Gasteiger partial charge in [0.05, 0.1) is 0 Å². The van der Waals surface area contributed by atoms with Gasteiger partial charge in [-0.25, -0.2) is 9.37 Å². The smallest absolute Gasteiger partial charge is 0.273 e. The van der Waals surface area contributed by atoms with Crippen molar-refractivity contribution < 1.29 is 14.0 Å². The number of piperazine rings is 1. The largest absolute Gasteiger partial charge is 0.335 e. The number of benzene rings is 1. The third kappa shape index (κ3) is 3.44. The second kappa shape index (κ2) is 7.06. The molecule has 1 aliphatic rings. The van der Waals surface area contributed by atoms with E-state index < -0.39 is 0 Å². The molecule has 2 N–H and O–H groups in total. The molecule has 6 nitrogen and oxygen atoms in total. The van der Waals surface area contributed by atoms with Gasteiger partial charge in [0.2, 0.25) is 0 Å². The number of carbonyl (C=O) groups is 2. The Labute approximate surface area is 142 Å². The Morgan fingerprint density at radius 3 is 2.21 bits per heavy atom. The quantitative estimate of drug-likeness (QED) is 0.908. The van der Waals surface area contributed by atoms with E-state index in [9.17, 15) is 14.0 Å². The van der Waals surface area contributed by atoms with E-state index >= 15 is 0 Å². The minimum absolute atomic E-state index is 0.139. The first-order chi connectivity index (χ1) is 11.6. The number of nitrogens with two attached hydrogens (primary N) is 1. The molecule has 0 bridgehead atoms. The van der Waals surface area contributed by atoms with Crippen molar-refractivity contribution in [1.82, 2.24) is 14.8 Å². The Hall–Kier alpha value is -2.32. The number of carbonyl (C=O) groups excluding carboxylic acids is 2. The zero-order valence-corrected chi connectivity index (χ0v) is 13.8. The molecule has 1 saturated heterocycles. The van der Waals surface area contributed by atoms with Gasteiger partial charge in [-0.3, -0.25) is 9.59 Å². The second-order valence-electron chi connectivity index (χ2n) is 5.42. The van der Waals surface area contributed by atoms with Gasteiger partial charge in [-0.1, -0.05) is 0 Å². The fourth-order valence-electron chi connectivity index (χ4n) is 2.55. The van der Waals surface area contributed by atoms with Crippen LogP contribution >= 0.6 is 11.3 Å². The third-order valence-corrected chi connectivity index (χ3v) is 4.76. The van der Waals surface area contributed by atoms with Crippen LogP contribution in [0, 0.1) is 5.82 Å². The first-order valence-electron chi connectivity index (χ1n) is 7.57. The van der Waals surface area contributed by atoms with Gasteiger partial charge in [-0.15, -0.1) is 11.3 Å². The monoisotopic (exact) mass is 348 g/mol. The fraction of sp³-hybridized carbons (Fsp3) is 0.312. The van der Waals surface area contributed by atoms with Crippen molar-refractivity contribution in [3.8, 4) is 0 Å². The molecule has 0 atom stereocenters. The molecule has 2 heterocycles. The van der Waals surface area contributed by atoms with E-state index in [4.69, 9.17) is 5.73 Å². The van der Waals surface area contributed by atoms with Crippen molar-refractivity contribution in [2.75, 3.05) is 26.2 Å². The Kier molecular flexibility index (Phi) is 4.86. The molecule has 1 fully saturated rings. The van der Waals surface area contributed by atoms with E-state index in [0.29, 0.717) is 44.0 Å². The van der Waals surface area contributed by atoms with Crippen LogP contribution in [0.5, 0.6) is 0 Å². The van der Waals surface area contributed by atoms with Crippen molar-refractivity contribution in [2.24, 2.45) is 5.73 Å². The van der Waals surface area contributed by atoms with Crippen LogP contribution in [0.4, 0.5) is 4.39 Å². The average molecular weight is 348 g/mol. The highest BCUT2D eigenvalue weighted by Gasteiger charge is 2.26. The number of thiazole rings is 1. The van der Waals surface area contributed by atoms with Crippen LogP contribution in [0.2, 0.25) is 0 Å². The van der Waals surface area contributed by atoms with Crippen molar-refractivity contribution >= 4 is 23.2 Å². The zero-order valence-electron chi connectivity index (χ0n) is 12.9. The second-order valence-corrected chi connectivity index (χ2v) is 6.36. The van der Waals surface area contributed by atoms with Gasteiger partial charge < -0.3 is 15.5 Å². The van der Waals surface area contributed by atoms with Gasteiger partial charge >= 0.3 is 0 Å². The molecule has 0 radical (unpaired) electrons. The van der Waals surface area contributed by atoms with Crippen LogP contribution in [-0.2, 0) is 6.54 Å². The van der Waals surface area contributed by atoms with Crippen LogP contribution in [0.3, 0.4) is 0 Å².